The Balaban J connectivity index is 2.08. The maximum atomic E-state index is 11.8. The van der Waals surface area contributed by atoms with Crippen molar-refractivity contribution in [1.29, 1.82) is 0 Å². The molecule has 0 bridgehead atoms. The van der Waals surface area contributed by atoms with Gasteiger partial charge in [-0.3, -0.25) is 4.79 Å². The number of ether oxygens (including phenoxy) is 1. The third kappa shape index (κ3) is 1.43. The van der Waals surface area contributed by atoms with Crippen LogP contribution in [0.2, 0.25) is 0 Å². The molecule has 0 aromatic carbocycles. The summed E-state index contributed by atoms with van der Waals surface area (Å²) in [6, 6.07) is 0. The molecular formula is C15H22O3. The molecule has 1 aliphatic heterocycles. The van der Waals surface area contributed by atoms with Crippen molar-refractivity contribution < 1.29 is 14.6 Å². The van der Waals surface area contributed by atoms with E-state index in [1.54, 1.807) is 0 Å². The Morgan fingerprint density at radius 2 is 2.17 bits per heavy atom. The third-order valence-corrected chi connectivity index (χ3v) is 5.48. The Labute approximate surface area is 108 Å². The lowest BCUT2D eigenvalue weighted by molar-refractivity contribution is -0.143. The number of hydrogen-bond donors (Lipinski definition) is 1. The number of esters is 1. The van der Waals surface area contributed by atoms with Crippen molar-refractivity contribution in [2.45, 2.75) is 58.7 Å². The highest BCUT2D eigenvalue weighted by Crippen LogP contribution is 2.55. The predicted octanol–water partition coefficient (Wildman–Crippen LogP) is 2.44. The van der Waals surface area contributed by atoms with E-state index in [0.29, 0.717) is 6.42 Å². The number of hydrogen-bond acceptors (Lipinski definition) is 3. The molecule has 1 saturated heterocycles. The fourth-order valence-corrected chi connectivity index (χ4v) is 4.27. The highest BCUT2D eigenvalue weighted by Gasteiger charge is 2.56. The van der Waals surface area contributed by atoms with Crippen LogP contribution in [0.4, 0.5) is 0 Å². The molecule has 3 aliphatic rings. The van der Waals surface area contributed by atoms with Gasteiger partial charge in [-0.1, -0.05) is 19.4 Å². The molecule has 0 aromatic rings. The lowest BCUT2D eigenvalue weighted by Crippen LogP contribution is -2.49. The average molecular weight is 250 g/mol. The van der Waals surface area contributed by atoms with E-state index in [9.17, 15) is 9.90 Å². The van der Waals surface area contributed by atoms with Gasteiger partial charge in [0.25, 0.3) is 0 Å². The van der Waals surface area contributed by atoms with Crippen molar-refractivity contribution in [2.75, 3.05) is 0 Å². The Hall–Kier alpha value is -0.830. The molecule has 1 saturated carbocycles. The van der Waals surface area contributed by atoms with Crippen LogP contribution in [-0.4, -0.2) is 23.3 Å². The van der Waals surface area contributed by atoms with E-state index in [1.807, 2.05) is 6.92 Å². The van der Waals surface area contributed by atoms with Crippen molar-refractivity contribution in [1.82, 2.24) is 0 Å². The highest BCUT2D eigenvalue weighted by molar-refractivity contribution is 5.76. The Morgan fingerprint density at radius 1 is 1.44 bits per heavy atom. The summed E-state index contributed by atoms with van der Waals surface area (Å²) >= 11 is 0. The quantitative estimate of drug-likeness (QED) is 0.530. The Bertz CT molecular complexity index is 425. The zero-order valence-electron chi connectivity index (χ0n) is 11.4. The first-order valence-corrected chi connectivity index (χ1v) is 7.04. The van der Waals surface area contributed by atoms with Crippen molar-refractivity contribution in [3.05, 3.63) is 11.1 Å². The molecule has 100 valence electrons. The van der Waals surface area contributed by atoms with Crippen LogP contribution in [-0.2, 0) is 9.53 Å². The summed E-state index contributed by atoms with van der Waals surface area (Å²) in [5.41, 5.74) is 2.39. The lowest BCUT2D eigenvalue weighted by Gasteiger charge is -2.49. The molecule has 3 rings (SSSR count). The fourth-order valence-electron chi connectivity index (χ4n) is 4.27. The molecule has 0 spiro atoms. The van der Waals surface area contributed by atoms with Gasteiger partial charge in [-0.05, 0) is 38.2 Å². The van der Waals surface area contributed by atoms with E-state index in [-0.39, 0.29) is 35.4 Å². The van der Waals surface area contributed by atoms with E-state index < -0.39 is 0 Å². The minimum atomic E-state index is -0.332. The monoisotopic (exact) mass is 250 g/mol. The minimum absolute atomic E-state index is 0.0683. The number of aliphatic hydroxyl groups is 1. The van der Waals surface area contributed by atoms with Gasteiger partial charge in [-0.2, -0.15) is 0 Å². The van der Waals surface area contributed by atoms with Crippen LogP contribution in [0.25, 0.3) is 0 Å². The van der Waals surface area contributed by atoms with Crippen LogP contribution in [0, 0.1) is 17.3 Å². The Kier molecular flexibility index (Phi) is 2.60. The van der Waals surface area contributed by atoms with E-state index in [0.717, 1.165) is 19.3 Å². The minimum Gasteiger partial charge on any atom is -0.457 e. The number of fused-ring (bicyclic) bond motifs is 3. The molecule has 3 heteroatoms. The molecule has 1 heterocycles. The number of carbonyl (C=O) groups excluding carboxylic acids is 1. The van der Waals surface area contributed by atoms with Gasteiger partial charge in [0.2, 0.25) is 0 Å². The van der Waals surface area contributed by atoms with Crippen molar-refractivity contribution in [3.8, 4) is 0 Å². The van der Waals surface area contributed by atoms with E-state index in [2.05, 4.69) is 13.8 Å². The van der Waals surface area contributed by atoms with Gasteiger partial charge < -0.3 is 9.84 Å². The third-order valence-electron chi connectivity index (χ3n) is 5.48. The molecule has 3 nitrogen and oxygen atoms in total. The first-order valence-electron chi connectivity index (χ1n) is 7.04. The van der Waals surface area contributed by atoms with Gasteiger partial charge in [0.05, 0.1) is 12.0 Å². The van der Waals surface area contributed by atoms with Gasteiger partial charge in [0, 0.05) is 11.3 Å². The highest BCUT2D eigenvalue weighted by atomic mass is 16.6. The standard InChI is InChI=1S/C15H22O3/c1-8-5-4-6-15(3)11(16)7-10-9(2)14(17)18-13(10)12(8)15/h9-11,13,16H,4-7H2,1-3H3/t9-,10+,11+,13-,15-/m1/s1. The van der Waals surface area contributed by atoms with Crippen molar-refractivity contribution in [3.63, 3.8) is 0 Å². The molecule has 0 aromatic heterocycles. The first kappa shape index (κ1) is 12.2. The van der Waals surface area contributed by atoms with Gasteiger partial charge in [-0.15, -0.1) is 0 Å². The second-order valence-electron chi connectivity index (χ2n) is 6.53. The summed E-state index contributed by atoms with van der Waals surface area (Å²) in [5, 5.41) is 10.5. The normalized spacial score (nSPS) is 47.7. The van der Waals surface area contributed by atoms with Gasteiger partial charge in [0.1, 0.15) is 6.10 Å². The molecule has 2 fully saturated rings. The molecule has 0 unspecified atom stereocenters. The second kappa shape index (κ2) is 3.83. The Morgan fingerprint density at radius 3 is 2.89 bits per heavy atom. The predicted molar refractivity (Wildman–Crippen MR) is 67.8 cm³/mol. The van der Waals surface area contributed by atoms with Crippen LogP contribution < -0.4 is 0 Å². The van der Waals surface area contributed by atoms with Gasteiger partial charge in [0.15, 0.2) is 0 Å². The number of rotatable bonds is 0. The molecular weight excluding hydrogens is 228 g/mol. The largest absolute Gasteiger partial charge is 0.457 e. The first-order chi connectivity index (χ1) is 8.45. The number of aliphatic hydroxyl groups excluding tert-OH is 1. The zero-order valence-corrected chi connectivity index (χ0v) is 11.4. The van der Waals surface area contributed by atoms with E-state index in [1.165, 1.54) is 11.1 Å². The number of carbonyl (C=O) groups is 1. The summed E-state index contributed by atoms with van der Waals surface area (Å²) in [7, 11) is 0. The maximum absolute atomic E-state index is 11.8. The van der Waals surface area contributed by atoms with Crippen molar-refractivity contribution >= 4 is 5.97 Å². The summed E-state index contributed by atoms with van der Waals surface area (Å²) in [6.45, 7) is 6.21. The van der Waals surface area contributed by atoms with Gasteiger partial charge in [-0.25, -0.2) is 0 Å². The van der Waals surface area contributed by atoms with Crippen LogP contribution in [0.15, 0.2) is 11.1 Å². The maximum Gasteiger partial charge on any atom is 0.309 e. The van der Waals surface area contributed by atoms with Crippen LogP contribution in [0.3, 0.4) is 0 Å². The smallest absolute Gasteiger partial charge is 0.309 e. The van der Waals surface area contributed by atoms with E-state index >= 15 is 0 Å². The SMILES string of the molecule is CC1=C2[C@@H]3OC(=O)[C@H](C)[C@@H]3C[C@H](O)[C@@]2(C)CCC1. The summed E-state index contributed by atoms with van der Waals surface area (Å²) in [5.74, 6) is 0.00683. The lowest BCUT2D eigenvalue weighted by atomic mass is 9.58. The summed E-state index contributed by atoms with van der Waals surface area (Å²) in [4.78, 5) is 11.8. The van der Waals surface area contributed by atoms with Crippen LogP contribution in [0.1, 0.15) is 46.5 Å². The molecule has 1 N–H and O–H groups in total. The summed E-state index contributed by atoms with van der Waals surface area (Å²) in [6.07, 6.45) is 3.51. The van der Waals surface area contributed by atoms with Crippen LogP contribution >= 0.6 is 0 Å². The molecule has 18 heavy (non-hydrogen) atoms. The number of allylic oxidation sites excluding steroid dienone is 1. The second-order valence-corrected chi connectivity index (χ2v) is 6.53. The topological polar surface area (TPSA) is 46.5 Å². The van der Waals surface area contributed by atoms with E-state index in [4.69, 9.17) is 4.74 Å². The fraction of sp³-hybridized carbons (Fsp3) is 0.800. The van der Waals surface area contributed by atoms with Crippen molar-refractivity contribution in [2.24, 2.45) is 17.3 Å². The molecule has 2 aliphatic carbocycles. The molecule has 0 amide bonds. The molecule has 0 radical (unpaired) electrons. The van der Waals surface area contributed by atoms with Crippen LogP contribution in [0.5, 0.6) is 0 Å². The zero-order chi connectivity index (χ0) is 13.1. The molecule has 5 atom stereocenters. The summed E-state index contributed by atoms with van der Waals surface area (Å²) < 4.78 is 5.62. The average Bonchev–Trinajstić information content (AvgIpc) is 2.57. The van der Waals surface area contributed by atoms with Gasteiger partial charge >= 0.3 is 5.97 Å².